The van der Waals surface area contributed by atoms with E-state index in [0.717, 1.165) is 12.8 Å². The number of ether oxygens (including phenoxy) is 1. The summed E-state index contributed by atoms with van der Waals surface area (Å²) in [5.41, 5.74) is 0.272. The van der Waals surface area contributed by atoms with Gasteiger partial charge in [0.15, 0.2) is 5.69 Å². The van der Waals surface area contributed by atoms with E-state index in [1.165, 1.54) is 4.90 Å². The third-order valence-electron chi connectivity index (χ3n) is 4.91. The standard InChI is InChI=1S/C19H25F2N3O4/c1-2-3-13(18(26)27)8-22-17(25)16-14(24-10-19(20,21)11-24)6-7-15(23-16)28-9-12-4-5-12/h6-7,12-13H,2-5,8-11H2,1H3,(H,22,25)(H,26,27)/t13-/m0/s1. The Labute approximate surface area is 162 Å². The van der Waals surface area contributed by atoms with E-state index >= 15 is 0 Å². The smallest absolute Gasteiger partial charge is 0.308 e. The molecule has 2 aliphatic rings. The number of nitrogens with one attached hydrogen (secondary N) is 1. The van der Waals surface area contributed by atoms with Crippen LogP contribution >= 0.6 is 0 Å². The molecule has 1 aliphatic heterocycles. The van der Waals surface area contributed by atoms with Gasteiger partial charge in [0.05, 0.1) is 31.3 Å². The number of carbonyl (C=O) groups excluding carboxylic acids is 1. The molecular weight excluding hydrogens is 372 g/mol. The van der Waals surface area contributed by atoms with Crippen LogP contribution < -0.4 is 15.0 Å². The molecule has 2 fully saturated rings. The number of amides is 1. The number of nitrogens with zero attached hydrogens (tertiary/aromatic N) is 2. The summed E-state index contributed by atoms with van der Waals surface area (Å²) >= 11 is 0. The molecular formula is C19H25F2N3O4. The summed E-state index contributed by atoms with van der Waals surface area (Å²) in [6.45, 7) is 1.36. The fourth-order valence-corrected chi connectivity index (χ4v) is 3.07. The third-order valence-corrected chi connectivity index (χ3v) is 4.91. The van der Waals surface area contributed by atoms with Crippen molar-refractivity contribution in [3.05, 3.63) is 17.8 Å². The summed E-state index contributed by atoms with van der Waals surface area (Å²) in [6.07, 6.45) is 3.30. The zero-order chi connectivity index (χ0) is 20.3. The zero-order valence-corrected chi connectivity index (χ0v) is 15.8. The predicted octanol–water partition coefficient (Wildman–Crippen LogP) is 2.56. The monoisotopic (exact) mass is 397 g/mol. The Morgan fingerprint density at radius 3 is 2.68 bits per heavy atom. The van der Waals surface area contributed by atoms with Gasteiger partial charge in [-0.3, -0.25) is 9.59 Å². The van der Waals surface area contributed by atoms with Crippen LogP contribution in [0.25, 0.3) is 0 Å². The lowest BCUT2D eigenvalue weighted by Gasteiger charge is -2.40. The van der Waals surface area contributed by atoms with Gasteiger partial charge in [0.2, 0.25) is 5.88 Å². The summed E-state index contributed by atoms with van der Waals surface area (Å²) in [5, 5.41) is 11.8. The van der Waals surface area contributed by atoms with Crippen LogP contribution in [0.3, 0.4) is 0 Å². The molecule has 1 saturated heterocycles. The van der Waals surface area contributed by atoms with Gasteiger partial charge in [-0.15, -0.1) is 0 Å². The van der Waals surface area contributed by atoms with Crippen LogP contribution in [0, 0.1) is 11.8 Å². The number of anilines is 1. The van der Waals surface area contributed by atoms with Crippen molar-refractivity contribution in [3.8, 4) is 5.88 Å². The maximum atomic E-state index is 13.3. The average molecular weight is 397 g/mol. The molecule has 3 rings (SSSR count). The minimum absolute atomic E-state index is 0.0237. The van der Waals surface area contributed by atoms with Crippen LogP contribution in [0.2, 0.25) is 0 Å². The highest BCUT2D eigenvalue weighted by Crippen LogP contribution is 2.34. The van der Waals surface area contributed by atoms with Crippen molar-refractivity contribution in [2.24, 2.45) is 11.8 Å². The number of hydrogen-bond acceptors (Lipinski definition) is 5. The SMILES string of the molecule is CCC[C@@H](CNC(=O)c1nc(OCC2CC2)ccc1N1CC(F)(F)C1)C(=O)O. The lowest BCUT2D eigenvalue weighted by atomic mass is 10.0. The number of alkyl halides is 2. The number of aromatic nitrogens is 1. The second-order valence-corrected chi connectivity index (χ2v) is 7.52. The lowest BCUT2D eigenvalue weighted by Crippen LogP contribution is -2.57. The van der Waals surface area contributed by atoms with E-state index < -0.39 is 36.8 Å². The summed E-state index contributed by atoms with van der Waals surface area (Å²) in [7, 11) is 0. The molecule has 0 aromatic carbocycles. The lowest BCUT2D eigenvalue weighted by molar-refractivity contribution is -0.141. The number of carbonyl (C=O) groups is 2. The van der Waals surface area contributed by atoms with Crippen LogP contribution in [-0.4, -0.2) is 54.1 Å². The fourth-order valence-electron chi connectivity index (χ4n) is 3.07. The first-order chi connectivity index (χ1) is 13.3. The van der Waals surface area contributed by atoms with Crippen molar-refractivity contribution >= 4 is 17.6 Å². The molecule has 1 aromatic rings. The highest BCUT2D eigenvalue weighted by molar-refractivity contribution is 5.98. The van der Waals surface area contributed by atoms with E-state index in [9.17, 15) is 23.5 Å². The van der Waals surface area contributed by atoms with Crippen LogP contribution in [0.5, 0.6) is 5.88 Å². The third kappa shape index (κ3) is 5.08. The molecule has 0 spiro atoms. The van der Waals surface area contributed by atoms with E-state index in [2.05, 4.69) is 10.3 Å². The molecule has 7 nitrogen and oxygen atoms in total. The van der Waals surface area contributed by atoms with Gasteiger partial charge in [0.1, 0.15) is 0 Å². The van der Waals surface area contributed by atoms with Gasteiger partial charge in [0, 0.05) is 12.6 Å². The Bertz CT molecular complexity index is 732. The maximum Gasteiger partial charge on any atom is 0.308 e. The quantitative estimate of drug-likeness (QED) is 0.631. The van der Waals surface area contributed by atoms with Crippen LogP contribution in [0.4, 0.5) is 14.5 Å². The number of hydrogen-bond donors (Lipinski definition) is 2. The fraction of sp³-hybridized carbons (Fsp3) is 0.632. The molecule has 1 saturated carbocycles. The average Bonchev–Trinajstić information content (AvgIpc) is 3.45. The summed E-state index contributed by atoms with van der Waals surface area (Å²) in [5.74, 6) is -4.32. The normalized spacial score (nSPS) is 18.9. The summed E-state index contributed by atoms with van der Waals surface area (Å²) < 4.78 is 32.2. The van der Waals surface area contributed by atoms with Gasteiger partial charge in [-0.2, -0.15) is 0 Å². The molecule has 1 atom stereocenters. The van der Waals surface area contributed by atoms with Crippen molar-refractivity contribution in [1.82, 2.24) is 10.3 Å². The zero-order valence-electron chi connectivity index (χ0n) is 15.8. The van der Waals surface area contributed by atoms with Crippen molar-refractivity contribution in [2.75, 3.05) is 31.1 Å². The first-order valence-corrected chi connectivity index (χ1v) is 9.56. The molecule has 2 heterocycles. The Balaban J connectivity index is 1.73. The van der Waals surface area contributed by atoms with Crippen LogP contribution in [-0.2, 0) is 4.79 Å². The van der Waals surface area contributed by atoms with Gasteiger partial charge in [-0.05, 0) is 31.2 Å². The Morgan fingerprint density at radius 2 is 2.11 bits per heavy atom. The van der Waals surface area contributed by atoms with Crippen molar-refractivity contribution in [2.45, 2.75) is 38.5 Å². The number of carboxylic acids is 1. The molecule has 2 N–H and O–H groups in total. The topological polar surface area (TPSA) is 91.8 Å². The van der Waals surface area contributed by atoms with Gasteiger partial charge in [0.25, 0.3) is 11.8 Å². The second kappa shape index (κ2) is 8.28. The molecule has 1 aromatic heterocycles. The molecule has 9 heteroatoms. The molecule has 0 bridgehead atoms. The second-order valence-electron chi connectivity index (χ2n) is 7.52. The predicted molar refractivity (Wildman–Crippen MR) is 98.0 cm³/mol. The molecule has 0 unspecified atom stereocenters. The van der Waals surface area contributed by atoms with Crippen molar-refractivity contribution in [3.63, 3.8) is 0 Å². The van der Waals surface area contributed by atoms with Crippen molar-refractivity contribution in [1.29, 1.82) is 0 Å². The summed E-state index contributed by atoms with van der Waals surface area (Å²) in [6, 6.07) is 3.13. The highest BCUT2D eigenvalue weighted by Gasteiger charge is 2.45. The maximum absolute atomic E-state index is 13.3. The van der Waals surface area contributed by atoms with E-state index in [-0.39, 0.29) is 18.1 Å². The number of pyridine rings is 1. The number of rotatable bonds is 10. The number of carboxylic acid groups (broad SMARTS) is 1. The summed E-state index contributed by atoms with van der Waals surface area (Å²) in [4.78, 5) is 29.5. The Kier molecular flexibility index (Phi) is 6.00. The van der Waals surface area contributed by atoms with Crippen LogP contribution in [0.15, 0.2) is 12.1 Å². The molecule has 0 radical (unpaired) electrons. The van der Waals surface area contributed by atoms with Gasteiger partial charge < -0.3 is 20.1 Å². The molecule has 154 valence electrons. The molecule has 28 heavy (non-hydrogen) atoms. The Morgan fingerprint density at radius 1 is 1.39 bits per heavy atom. The first kappa shape index (κ1) is 20.3. The number of aliphatic carboxylic acids is 1. The molecule has 1 aliphatic carbocycles. The van der Waals surface area contributed by atoms with Crippen molar-refractivity contribution < 1.29 is 28.2 Å². The van der Waals surface area contributed by atoms with E-state index in [1.54, 1.807) is 12.1 Å². The number of halogens is 2. The minimum Gasteiger partial charge on any atom is -0.481 e. The van der Waals surface area contributed by atoms with Gasteiger partial charge >= 0.3 is 5.97 Å². The van der Waals surface area contributed by atoms with E-state index in [4.69, 9.17) is 4.74 Å². The Hall–Kier alpha value is -2.45. The minimum atomic E-state index is -2.79. The molecule has 1 amide bonds. The van der Waals surface area contributed by atoms with E-state index in [0.29, 0.717) is 31.1 Å². The van der Waals surface area contributed by atoms with Gasteiger partial charge in [-0.1, -0.05) is 13.3 Å². The highest BCUT2D eigenvalue weighted by atomic mass is 19.3. The van der Waals surface area contributed by atoms with Gasteiger partial charge in [-0.25, -0.2) is 13.8 Å². The van der Waals surface area contributed by atoms with Crippen LogP contribution in [0.1, 0.15) is 43.1 Å². The van der Waals surface area contributed by atoms with E-state index in [1.807, 2.05) is 6.92 Å². The largest absolute Gasteiger partial charge is 0.481 e. The first-order valence-electron chi connectivity index (χ1n) is 9.56.